The molecule has 0 fully saturated rings. The third-order valence-electron chi connectivity index (χ3n) is 3.27. The summed E-state index contributed by atoms with van der Waals surface area (Å²) in [5.74, 6) is -0.892. The summed E-state index contributed by atoms with van der Waals surface area (Å²) < 4.78 is 0. The summed E-state index contributed by atoms with van der Waals surface area (Å²) in [6.07, 6.45) is 1.74. The Morgan fingerprint density at radius 3 is 2.93 bits per heavy atom. The van der Waals surface area contributed by atoms with E-state index in [2.05, 4.69) is 6.07 Å². The molecule has 0 saturated heterocycles. The zero-order valence-electron chi connectivity index (χ0n) is 8.79. The van der Waals surface area contributed by atoms with Gasteiger partial charge in [-0.1, -0.05) is 18.2 Å². The first-order valence-electron chi connectivity index (χ1n) is 5.12. The van der Waals surface area contributed by atoms with Crippen molar-refractivity contribution < 1.29 is 9.90 Å². The van der Waals surface area contributed by atoms with E-state index in [-0.39, 0.29) is 0 Å². The molecule has 0 radical (unpaired) electrons. The number of rotatable bonds is 1. The smallest absolute Gasteiger partial charge is 0.324 e. The molecule has 0 amide bonds. The molecule has 1 aliphatic rings. The summed E-state index contributed by atoms with van der Waals surface area (Å²) in [4.78, 5) is 11.1. The average Bonchev–Trinajstić information content (AvgIpc) is 2.19. The Kier molecular flexibility index (Phi) is 2.27. The zero-order chi connectivity index (χ0) is 11.1. The molecule has 0 saturated carbocycles. The lowest BCUT2D eigenvalue weighted by atomic mass is 9.77. The molecule has 3 nitrogen and oxygen atoms in total. The third kappa shape index (κ3) is 1.63. The number of nitrogens with two attached hydrogens (primary N) is 1. The molecule has 0 spiro atoms. The summed E-state index contributed by atoms with van der Waals surface area (Å²) in [5.41, 5.74) is 8.32. The van der Waals surface area contributed by atoms with Crippen LogP contribution in [0.4, 0.5) is 0 Å². The topological polar surface area (TPSA) is 63.3 Å². The highest BCUT2D eigenvalue weighted by atomic mass is 16.4. The highest BCUT2D eigenvalue weighted by Crippen LogP contribution is 2.29. The van der Waals surface area contributed by atoms with Crippen molar-refractivity contribution >= 4 is 5.97 Å². The van der Waals surface area contributed by atoms with Crippen molar-refractivity contribution in [3.05, 3.63) is 34.9 Å². The summed E-state index contributed by atoms with van der Waals surface area (Å²) in [6.45, 7) is 2.01. The van der Waals surface area contributed by atoms with Crippen molar-refractivity contribution in [2.45, 2.75) is 31.7 Å². The second-order valence-corrected chi connectivity index (χ2v) is 4.35. The number of hydrogen-bond donors (Lipinski definition) is 2. The molecular weight excluding hydrogens is 190 g/mol. The van der Waals surface area contributed by atoms with Crippen LogP contribution >= 0.6 is 0 Å². The summed E-state index contributed by atoms with van der Waals surface area (Å²) in [5, 5.41) is 9.09. The first-order chi connectivity index (χ1) is 7.03. The molecule has 15 heavy (non-hydrogen) atoms. The molecule has 2 rings (SSSR count). The first-order valence-corrected chi connectivity index (χ1v) is 5.12. The first kappa shape index (κ1) is 10.2. The van der Waals surface area contributed by atoms with E-state index in [1.807, 2.05) is 19.1 Å². The second-order valence-electron chi connectivity index (χ2n) is 4.35. The van der Waals surface area contributed by atoms with Gasteiger partial charge in [0.1, 0.15) is 5.54 Å². The summed E-state index contributed by atoms with van der Waals surface area (Å²) in [7, 11) is 0. The van der Waals surface area contributed by atoms with Gasteiger partial charge in [-0.05, 0) is 36.5 Å². The molecule has 0 heterocycles. The normalized spacial score (nSPS) is 24.7. The molecule has 3 heteroatoms. The van der Waals surface area contributed by atoms with E-state index in [1.54, 1.807) is 0 Å². The second kappa shape index (κ2) is 3.35. The average molecular weight is 205 g/mol. The van der Waals surface area contributed by atoms with E-state index in [1.165, 1.54) is 5.56 Å². The summed E-state index contributed by atoms with van der Waals surface area (Å²) in [6, 6.07) is 6.08. The van der Waals surface area contributed by atoms with Gasteiger partial charge in [0, 0.05) is 6.42 Å². The van der Waals surface area contributed by atoms with Crippen LogP contribution in [0.5, 0.6) is 0 Å². The number of aliphatic carboxylic acids is 1. The van der Waals surface area contributed by atoms with Crippen molar-refractivity contribution in [3.8, 4) is 0 Å². The maximum atomic E-state index is 11.1. The maximum Gasteiger partial charge on any atom is 0.324 e. The zero-order valence-corrected chi connectivity index (χ0v) is 8.79. The molecular formula is C12H15NO2. The molecule has 3 N–H and O–H groups in total. The van der Waals surface area contributed by atoms with Crippen LogP contribution in [-0.2, 0) is 17.6 Å². The molecule has 1 unspecified atom stereocenters. The lowest BCUT2D eigenvalue weighted by Crippen LogP contribution is -2.52. The molecule has 1 aliphatic carbocycles. The minimum absolute atomic E-state index is 0.449. The van der Waals surface area contributed by atoms with Gasteiger partial charge in [0.2, 0.25) is 0 Å². The minimum Gasteiger partial charge on any atom is -0.480 e. The largest absolute Gasteiger partial charge is 0.480 e. The van der Waals surface area contributed by atoms with Gasteiger partial charge in [-0.15, -0.1) is 0 Å². The number of carboxylic acid groups (broad SMARTS) is 1. The van der Waals surface area contributed by atoms with E-state index in [0.717, 1.165) is 17.5 Å². The molecule has 0 bridgehead atoms. The van der Waals surface area contributed by atoms with Gasteiger partial charge in [-0.2, -0.15) is 0 Å². The quantitative estimate of drug-likeness (QED) is 0.725. The van der Waals surface area contributed by atoms with Crippen molar-refractivity contribution in [2.75, 3.05) is 0 Å². The Hall–Kier alpha value is -1.35. The number of benzene rings is 1. The van der Waals surface area contributed by atoms with Gasteiger partial charge in [0.05, 0.1) is 0 Å². The van der Waals surface area contributed by atoms with Crippen LogP contribution in [0.2, 0.25) is 0 Å². The lowest BCUT2D eigenvalue weighted by Gasteiger charge is -2.31. The van der Waals surface area contributed by atoms with Gasteiger partial charge in [0.25, 0.3) is 0 Å². The fraction of sp³-hybridized carbons (Fsp3) is 0.417. The van der Waals surface area contributed by atoms with Crippen LogP contribution in [0.25, 0.3) is 0 Å². The van der Waals surface area contributed by atoms with Crippen LogP contribution in [0.15, 0.2) is 18.2 Å². The Morgan fingerprint density at radius 1 is 1.53 bits per heavy atom. The molecule has 1 aromatic carbocycles. The third-order valence-corrected chi connectivity index (χ3v) is 3.27. The maximum absolute atomic E-state index is 11.1. The minimum atomic E-state index is -1.07. The van der Waals surface area contributed by atoms with Crippen LogP contribution in [0.3, 0.4) is 0 Å². The van der Waals surface area contributed by atoms with Crippen molar-refractivity contribution in [1.29, 1.82) is 0 Å². The van der Waals surface area contributed by atoms with Crippen molar-refractivity contribution in [3.63, 3.8) is 0 Å². The highest BCUT2D eigenvalue weighted by Gasteiger charge is 2.37. The standard InChI is InChI=1S/C12H15NO2/c1-8-3-2-4-9-5-6-12(13,11(14)15)7-10(8)9/h2-4H,5-7,13H2,1H3,(H,14,15). The fourth-order valence-electron chi connectivity index (χ4n) is 2.19. The highest BCUT2D eigenvalue weighted by molar-refractivity contribution is 5.79. The number of fused-ring (bicyclic) bond motifs is 1. The summed E-state index contributed by atoms with van der Waals surface area (Å²) >= 11 is 0. The van der Waals surface area contributed by atoms with Crippen LogP contribution < -0.4 is 5.73 Å². The molecule has 0 aromatic heterocycles. The van der Waals surface area contributed by atoms with Crippen molar-refractivity contribution in [2.24, 2.45) is 5.73 Å². The number of aryl methyl sites for hydroxylation is 2. The van der Waals surface area contributed by atoms with Gasteiger partial charge in [-0.3, -0.25) is 4.79 Å². The van der Waals surface area contributed by atoms with E-state index >= 15 is 0 Å². The van der Waals surface area contributed by atoms with Crippen LogP contribution in [0.1, 0.15) is 23.1 Å². The Balaban J connectivity index is 2.42. The molecule has 80 valence electrons. The Bertz CT molecular complexity index is 414. The fourth-order valence-corrected chi connectivity index (χ4v) is 2.19. The SMILES string of the molecule is Cc1cccc2c1CC(N)(C(=O)O)CC2. The predicted molar refractivity (Wildman–Crippen MR) is 57.8 cm³/mol. The molecule has 1 aromatic rings. The van der Waals surface area contributed by atoms with Gasteiger partial charge in [-0.25, -0.2) is 0 Å². The Labute approximate surface area is 88.9 Å². The Morgan fingerprint density at radius 2 is 2.27 bits per heavy atom. The van der Waals surface area contributed by atoms with E-state index in [0.29, 0.717) is 12.8 Å². The lowest BCUT2D eigenvalue weighted by molar-refractivity contribution is -0.143. The molecule has 1 atom stereocenters. The van der Waals surface area contributed by atoms with E-state index in [4.69, 9.17) is 10.8 Å². The van der Waals surface area contributed by atoms with Gasteiger partial charge in [0.15, 0.2) is 0 Å². The van der Waals surface area contributed by atoms with E-state index in [9.17, 15) is 4.79 Å². The van der Waals surface area contributed by atoms with Crippen LogP contribution in [-0.4, -0.2) is 16.6 Å². The van der Waals surface area contributed by atoms with Gasteiger partial charge < -0.3 is 10.8 Å². The number of hydrogen-bond acceptors (Lipinski definition) is 2. The molecule has 0 aliphatic heterocycles. The number of carbonyl (C=O) groups is 1. The van der Waals surface area contributed by atoms with Crippen LogP contribution in [0, 0.1) is 6.92 Å². The monoisotopic (exact) mass is 205 g/mol. The van der Waals surface area contributed by atoms with Crippen molar-refractivity contribution in [1.82, 2.24) is 0 Å². The van der Waals surface area contributed by atoms with E-state index < -0.39 is 11.5 Å². The number of carboxylic acids is 1. The predicted octanol–water partition coefficient (Wildman–Crippen LogP) is 1.27. The van der Waals surface area contributed by atoms with Gasteiger partial charge >= 0.3 is 5.97 Å².